The number of sulfonamides is 1. The van der Waals surface area contributed by atoms with Gasteiger partial charge in [0, 0.05) is 31.7 Å². The number of rotatable bonds is 7. The predicted molar refractivity (Wildman–Crippen MR) is 133 cm³/mol. The molecule has 1 aromatic heterocycles. The Morgan fingerprint density at radius 2 is 1.55 bits per heavy atom. The zero-order valence-corrected chi connectivity index (χ0v) is 19.4. The molecule has 0 spiro atoms. The molecule has 8 nitrogen and oxygen atoms in total. The second kappa shape index (κ2) is 10.0. The Morgan fingerprint density at radius 1 is 0.939 bits per heavy atom. The summed E-state index contributed by atoms with van der Waals surface area (Å²) in [6.45, 7) is 3.67. The summed E-state index contributed by atoms with van der Waals surface area (Å²) in [6, 6.07) is 19.1. The maximum atomic E-state index is 12.7. The number of aromatic nitrogens is 2. The first kappa shape index (κ1) is 22.8. The summed E-state index contributed by atoms with van der Waals surface area (Å²) >= 11 is 0. The minimum Gasteiger partial charge on any atom is -0.383 e. The van der Waals surface area contributed by atoms with Crippen molar-refractivity contribution in [2.75, 3.05) is 49.4 Å². The summed E-state index contributed by atoms with van der Waals surface area (Å²) in [7, 11) is -1.62. The van der Waals surface area contributed by atoms with Crippen LogP contribution in [0.5, 0.6) is 0 Å². The van der Waals surface area contributed by atoms with Crippen molar-refractivity contribution < 1.29 is 8.42 Å². The SMILES string of the molecule is CN1CCN(C=CCS(=O)(=O)Nc2nc(N)c(-c3ccccc3)c(-c3ccccc3)n2)CC1. The summed E-state index contributed by atoms with van der Waals surface area (Å²) in [5.41, 5.74) is 9.22. The summed E-state index contributed by atoms with van der Waals surface area (Å²) in [5.74, 6) is -0.0104. The number of nitrogens with zero attached hydrogens (tertiary/aromatic N) is 4. The first-order valence-electron chi connectivity index (χ1n) is 10.8. The predicted octanol–water partition coefficient (Wildman–Crippen LogP) is 2.90. The van der Waals surface area contributed by atoms with Crippen molar-refractivity contribution in [3.63, 3.8) is 0 Å². The van der Waals surface area contributed by atoms with Crippen LogP contribution in [0.2, 0.25) is 0 Å². The number of hydrogen-bond donors (Lipinski definition) is 2. The van der Waals surface area contributed by atoms with Crippen LogP contribution < -0.4 is 10.5 Å². The van der Waals surface area contributed by atoms with Gasteiger partial charge in [0.25, 0.3) is 0 Å². The third-order valence-electron chi connectivity index (χ3n) is 5.46. The van der Waals surface area contributed by atoms with Gasteiger partial charge in [0.2, 0.25) is 16.0 Å². The second-order valence-electron chi connectivity index (χ2n) is 8.00. The van der Waals surface area contributed by atoms with E-state index in [0.29, 0.717) is 11.3 Å². The fraction of sp³-hybridized carbons (Fsp3) is 0.250. The lowest BCUT2D eigenvalue weighted by atomic mass is 10.00. The number of benzene rings is 2. The van der Waals surface area contributed by atoms with Gasteiger partial charge in [-0.25, -0.2) is 13.4 Å². The largest absolute Gasteiger partial charge is 0.383 e. The number of piperazine rings is 1. The third kappa shape index (κ3) is 5.88. The van der Waals surface area contributed by atoms with E-state index in [-0.39, 0.29) is 17.5 Å². The molecule has 1 aliphatic rings. The molecule has 0 unspecified atom stereocenters. The van der Waals surface area contributed by atoms with Gasteiger partial charge < -0.3 is 15.5 Å². The van der Waals surface area contributed by atoms with Crippen LogP contribution in [-0.4, -0.2) is 67.2 Å². The number of nitrogen functional groups attached to an aromatic ring is 1. The van der Waals surface area contributed by atoms with E-state index in [1.807, 2.05) is 66.9 Å². The van der Waals surface area contributed by atoms with E-state index in [9.17, 15) is 8.42 Å². The van der Waals surface area contributed by atoms with Crippen LogP contribution in [0.1, 0.15) is 0 Å². The molecule has 1 saturated heterocycles. The average molecular weight is 465 g/mol. The fourth-order valence-corrected chi connectivity index (χ4v) is 4.48. The molecule has 2 heterocycles. The van der Waals surface area contributed by atoms with Crippen molar-refractivity contribution >= 4 is 21.8 Å². The quantitative estimate of drug-likeness (QED) is 0.554. The number of anilines is 2. The maximum absolute atomic E-state index is 12.7. The van der Waals surface area contributed by atoms with Gasteiger partial charge in [-0.2, -0.15) is 4.98 Å². The molecule has 4 rings (SSSR count). The van der Waals surface area contributed by atoms with Crippen LogP contribution in [0.3, 0.4) is 0 Å². The van der Waals surface area contributed by atoms with Crippen LogP contribution in [0.15, 0.2) is 72.9 Å². The Hall–Kier alpha value is -3.43. The van der Waals surface area contributed by atoms with Crippen LogP contribution in [-0.2, 0) is 10.0 Å². The van der Waals surface area contributed by atoms with E-state index in [2.05, 4.69) is 31.5 Å². The van der Waals surface area contributed by atoms with Crippen LogP contribution in [0, 0.1) is 0 Å². The molecule has 0 atom stereocenters. The van der Waals surface area contributed by atoms with Crippen LogP contribution >= 0.6 is 0 Å². The second-order valence-corrected chi connectivity index (χ2v) is 9.76. The third-order valence-corrected chi connectivity index (χ3v) is 6.59. The molecule has 1 fully saturated rings. The fourth-order valence-electron chi connectivity index (χ4n) is 3.69. The van der Waals surface area contributed by atoms with E-state index >= 15 is 0 Å². The molecular formula is C24H28N6O2S. The highest BCUT2D eigenvalue weighted by Crippen LogP contribution is 2.35. The highest BCUT2D eigenvalue weighted by molar-refractivity contribution is 7.92. The first-order chi connectivity index (χ1) is 15.9. The summed E-state index contributed by atoms with van der Waals surface area (Å²) in [5, 5.41) is 0. The molecule has 0 bridgehead atoms. The lowest BCUT2D eigenvalue weighted by molar-refractivity contribution is 0.198. The highest BCUT2D eigenvalue weighted by atomic mass is 32.2. The molecule has 172 valence electrons. The Morgan fingerprint density at radius 3 is 2.18 bits per heavy atom. The zero-order valence-electron chi connectivity index (χ0n) is 18.6. The highest BCUT2D eigenvalue weighted by Gasteiger charge is 2.19. The van der Waals surface area contributed by atoms with Gasteiger partial charge in [-0.1, -0.05) is 66.7 Å². The van der Waals surface area contributed by atoms with E-state index in [4.69, 9.17) is 5.73 Å². The van der Waals surface area contributed by atoms with Crippen molar-refractivity contribution in [3.05, 3.63) is 72.9 Å². The molecule has 2 aromatic carbocycles. The normalized spacial score (nSPS) is 15.1. The van der Waals surface area contributed by atoms with Crippen molar-refractivity contribution in [3.8, 4) is 22.4 Å². The van der Waals surface area contributed by atoms with Gasteiger partial charge in [0.05, 0.1) is 17.0 Å². The molecule has 9 heteroatoms. The molecular weight excluding hydrogens is 436 g/mol. The summed E-state index contributed by atoms with van der Waals surface area (Å²) < 4.78 is 27.9. The lowest BCUT2D eigenvalue weighted by Crippen LogP contribution is -2.41. The van der Waals surface area contributed by atoms with E-state index in [1.54, 1.807) is 6.08 Å². The van der Waals surface area contributed by atoms with Gasteiger partial charge in [0.1, 0.15) is 5.82 Å². The topological polar surface area (TPSA) is 104 Å². The Labute approximate surface area is 194 Å². The zero-order chi connectivity index (χ0) is 23.3. The number of nitrogens with two attached hydrogens (primary N) is 1. The maximum Gasteiger partial charge on any atom is 0.239 e. The number of likely N-dealkylation sites (N-methyl/N-ethyl adjacent to an activating group) is 1. The number of nitrogens with one attached hydrogen (secondary N) is 1. The van der Waals surface area contributed by atoms with Crippen LogP contribution in [0.25, 0.3) is 22.4 Å². The van der Waals surface area contributed by atoms with Crippen molar-refractivity contribution in [2.45, 2.75) is 0 Å². The van der Waals surface area contributed by atoms with Crippen molar-refractivity contribution in [1.29, 1.82) is 0 Å². The Bertz CT molecular complexity index is 1210. The van der Waals surface area contributed by atoms with Crippen molar-refractivity contribution in [2.24, 2.45) is 0 Å². The molecule has 1 aliphatic heterocycles. The first-order valence-corrected chi connectivity index (χ1v) is 12.4. The average Bonchev–Trinajstić information content (AvgIpc) is 2.81. The Kier molecular flexibility index (Phi) is 6.90. The van der Waals surface area contributed by atoms with Gasteiger partial charge in [-0.15, -0.1) is 0 Å². The Balaban J connectivity index is 1.58. The summed E-state index contributed by atoms with van der Waals surface area (Å²) in [6.07, 6.45) is 3.49. The molecule has 3 N–H and O–H groups in total. The molecule has 3 aromatic rings. The molecule has 33 heavy (non-hydrogen) atoms. The molecule has 0 amide bonds. The van der Waals surface area contributed by atoms with Gasteiger partial charge in [-0.3, -0.25) is 4.72 Å². The van der Waals surface area contributed by atoms with Gasteiger partial charge in [-0.05, 0) is 18.8 Å². The van der Waals surface area contributed by atoms with Crippen molar-refractivity contribution in [1.82, 2.24) is 19.8 Å². The van der Waals surface area contributed by atoms with E-state index in [1.165, 1.54) is 0 Å². The molecule has 0 radical (unpaired) electrons. The molecule has 0 saturated carbocycles. The smallest absolute Gasteiger partial charge is 0.239 e. The summed E-state index contributed by atoms with van der Waals surface area (Å²) in [4.78, 5) is 13.2. The monoisotopic (exact) mass is 464 g/mol. The molecule has 0 aliphatic carbocycles. The lowest BCUT2D eigenvalue weighted by Gasteiger charge is -2.31. The van der Waals surface area contributed by atoms with E-state index < -0.39 is 10.0 Å². The minimum atomic E-state index is -3.69. The standard InChI is InChI=1S/C24H28N6O2S/c1-29-14-16-30(17-15-29)13-8-18-33(31,32)28-24-26-22(20-11-6-3-7-12-20)21(23(25)27-24)19-9-4-2-5-10-19/h2-13H,14-18H2,1H3,(H3,25,26,27,28). The minimum absolute atomic E-state index is 0.0426. The van der Waals surface area contributed by atoms with E-state index in [0.717, 1.165) is 37.3 Å². The van der Waals surface area contributed by atoms with Crippen LogP contribution in [0.4, 0.5) is 11.8 Å². The van der Waals surface area contributed by atoms with Gasteiger partial charge in [0.15, 0.2) is 0 Å². The van der Waals surface area contributed by atoms with Gasteiger partial charge >= 0.3 is 0 Å². The number of hydrogen-bond acceptors (Lipinski definition) is 7.